The second-order valence-corrected chi connectivity index (χ2v) is 7.38. The number of benzene rings is 1. The summed E-state index contributed by atoms with van der Waals surface area (Å²) in [6, 6.07) is 6.60. The van der Waals surface area contributed by atoms with Gasteiger partial charge < -0.3 is 5.32 Å². The molecule has 1 atom stereocenters. The highest BCUT2D eigenvalue weighted by Crippen LogP contribution is 2.35. The minimum absolute atomic E-state index is 0.500. The van der Waals surface area contributed by atoms with E-state index in [9.17, 15) is 0 Å². The summed E-state index contributed by atoms with van der Waals surface area (Å²) in [6.45, 7) is 4.75. The Morgan fingerprint density at radius 2 is 2.06 bits per heavy atom. The zero-order valence-electron chi connectivity index (χ0n) is 11.1. The van der Waals surface area contributed by atoms with E-state index >= 15 is 0 Å². The highest BCUT2D eigenvalue weighted by molar-refractivity contribution is 9.10. The first kappa shape index (κ1) is 14.2. The first-order valence-electron chi connectivity index (χ1n) is 6.68. The molecule has 2 rings (SSSR count). The zero-order chi connectivity index (χ0) is 13.2. The maximum atomic E-state index is 6.25. The molecule has 1 fully saturated rings. The molecule has 1 unspecified atom stereocenters. The largest absolute Gasteiger partial charge is 0.381 e. The predicted octanol–water partition coefficient (Wildman–Crippen LogP) is 5.87. The van der Waals surface area contributed by atoms with Crippen molar-refractivity contribution in [2.45, 2.75) is 52.0 Å². The molecular formula is C15H21BrClN. The molecule has 0 radical (unpaired) electrons. The van der Waals surface area contributed by atoms with Crippen LogP contribution >= 0.6 is 27.5 Å². The summed E-state index contributed by atoms with van der Waals surface area (Å²) in [6.07, 6.45) is 6.41. The third-order valence-corrected chi connectivity index (χ3v) is 4.67. The first-order chi connectivity index (χ1) is 8.46. The predicted molar refractivity (Wildman–Crippen MR) is 83.4 cm³/mol. The first-order valence-corrected chi connectivity index (χ1v) is 7.85. The Morgan fingerprint density at radius 1 is 1.28 bits per heavy atom. The van der Waals surface area contributed by atoms with Gasteiger partial charge in [-0.1, -0.05) is 47.8 Å². The normalized spacial score (nSPS) is 23.4. The summed E-state index contributed by atoms with van der Waals surface area (Å²) >= 11 is 9.69. The molecule has 1 aliphatic carbocycles. The van der Waals surface area contributed by atoms with Crippen LogP contribution in [0.15, 0.2) is 22.7 Å². The van der Waals surface area contributed by atoms with Crippen molar-refractivity contribution in [3.63, 3.8) is 0 Å². The molecule has 0 aromatic heterocycles. The van der Waals surface area contributed by atoms with Gasteiger partial charge in [-0.3, -0.25) is 0 Å². The monoisotopic (exact) mass is 329 g/mol. The van der Waals surface area contributed by atoms with Gasteiger partial charge in [0.15, 0.2) is 0 Å². The van der Waals surface area contributed by atoms with Crippen molar-refractivity contribution in [1.82, 2.24) is 0 Å². The molecule has 18 heavy (non-hydrogen) atoms. The lowest BCUT2D eigenvalue weighted by Crippen LogP contribution is -2.19. The average Bonchev–Trinajstić information content (AvgIpc) is 2.44. The molecule has 1 nitrogen and oxygen atoms in total. The highest BCUT2D eigenvalue weighted by atomic mass is 79.9. The van der Waals surface area contributed by atoms with Crippen molar-refractivity contribution in [2.24, 2.45) is 5.41 Å². The molecule has 1 saturated carbocycles. The van der Waals surface area contributed by atoms with Crippen molar-refractivity contribution in [2.75, 3.05) is 5.32 Å². The van der Waals surface area contributed by atoms with Gasteiger partial charge in [-0.2, -0.15) is 0 Å². The van der Waals surface area contributed by atoms with Crippen molar-refractivity contribution in [3.05, 3.63) is 27.7 Å². The molecule has 1 aliphatic rings. The van der Waals surface area contributed by atoms with E-state index in [1.165, 1.54) is 32.1 Å². The summed E-state index contributed by atoms with van der Waals surface area (Å²) in [7, 11) is 0. The Hall–Kier alpha value is -0.210. The van der Waals surface area contributed by atoms with Gasteiger partial charge in [-0.05, 0) is 49.3 Å². The summed E-state index contributed by atoms with van der Waals surface area (Å²) in [5.41, 5.74) is 1.56. The van der Waals surface area contributed by atoms with Crippen LogP contribution in [-0.4, -0.2) is 6.04 Å². The molecule has 3 heteroatoms. The van der Waals surface area contributed by atoms with E-state index in [1.807, 2.05) is 12.1 Å². The third-order valence-electron chi connectivity index (χ3n) is 3.87. The van der Waals surface area contributed by atoms with E-state index in [2.05, 4.69) is 41.2 Å². The van der Waals surface area contributed by atoms with Crippen LogP contribution in [0.4, 0.5) is 5.69 Å². The van der Waals surface area contributed by atoms with Gasteiger partial charge in [0.1, 0.15) is 0 Å². The van der Waals surface area contributed by atoms with Crippen LogP contribution in [0.25, 0.3) is 0 Å². The van der Waals surface area contributed by atoms with E-state index in [1.54, 1.807) is 0 Å². The molecule has 1 aromatic carbocycles. The smallest absolute Gasteiger partial charge is 0.0648 e. The Bertz CT molecular complexity index is 417. The Kier molecular flexibility index (Phi) is 4.60. The number of hydrogen-bond donors (Lipinski definition) is 1. The van der Waals surface area contributed by atoms with Gasteiger partial charge in [-0.25, -0.2) is 0 Å². The average molecular weight is 331 g/mol. The van der Waals surface area contributed by atoms with Crippen molar-refractivity contribution in [3.8, 4) is 0 Å². The van der Waals surface area contributed by atoms with Gasteiger partial charge in [0.05, 0.1) is 10.7 Å². The van der Waals surface area contributed by atoms with Gasteiger partial charge in [0.25, 0.3) is 0 Å². The molecule has 0 heterocycles. The molecule has 0 aliphatic heterocycles. The molecule has 0 saturated heterocycles. The van der Waals surface area contributed by atoms with E-state index in [0.29, 0.717) is 11.5 Å². The molecular weight excluding hydrogens is 310 g/mol. The summed E-state index contributed by atoms with van der Waals surface area (Å²) in [4.78, 5) is 0. The van der Waals surface area contributed by atoms with Crippen LogP contribution in [-0.2, 0) is 0 Å². The van der Waals surface area contributed by atoms with Gasteiger partial charge >= 0.3 is 0 Å². The van der Waals surface area contributed by atoms with Gasteiger partial charge in [0, 0.05) is 10.5 Å². The van der Waals surface area contributed by atoms with Crippen LogP contribution in [0.2, 0.25) is 5.02 Å². The van der Waals surface area contributed by atoms with E-state index < -0.39 is 0 Å². The number of nitrogens with one attached hydrogen (secondary N) is 1. The lowest BCUT2D eigenvalue weighted by Gasteiger charge is -2.22. The van der Waals surface area contributed by atoms with Crippen molar-refractivity contribution >= 4 is 33.2 Å². The fourth-order valence-electron chi connectivity index (χ4n) is 2.63. The summed E-state index contributed by atoms with van der Waals surface area (Å²) in [5.74, 6) is 0. The van der Waals surface area contributed by atoms with Crippen molar-refractivity contribution < 1.29 is 0 Å². The van der Waals surface area contributed by atoms with Crippen LogP contribution in [0.5, 0.6) is 0 Å². The Labute approximate surface area is 123 Å². The standard InChI is InChI=1S/C15H21BrClN/c1-15(2)8-3-4-12(7-9-15)18-14-6-5-11(16)10-13(14)17/h5-6,10,12,18H,3-4,7-9H2,1-2H3. The number of anilines is 1. The van der Waals surface area contributed by atoms with Crippen molar-refractivity contribution in [1.29, 1.82) is 0 Å². The van der Waals surface area contributed by atoms with Crippen LogP contribution < -0.4 is 5.32 Å². The molecule has 0 amide bonds. The number of hydrogen-bond acceptors (Lipinski definition) is 1. The van der Waals surface area contributed by atoms with Crippen LogP contribution in [0, 0.1) is 5.41 Å². The van der Waals surface area contributed by atoms with E-state index in [-0.39, 0.29) is 0 Å². The van der Waals surface area contributed by atoms with Crippen LogP contribution in [0.3, 0.4) is 0 Å². The Balaban J connectivity index is 2.01. The second kappa shape index (κ2) is 5.83. The molecule has 1 N–H and O–H groups in total. The van der Waals surface area contributed by atoms with E-state index in [0.717, 1.165) is 15.2 Å². The van der Waals surface area contributed by atoms with Gasteiger partial charge in [0.2, 0.25) is 0 Å². The molecule has 0 spiro atoms. The minimum atomic E-state index is 0.500. The maximum Gasteiger partial charge on any atom is 0.0648 e. The zero-order valence-corrected chi connectivity index (χ0v) is 13.4. The molecule has 1 aromatic rings. The SMILES string of the molecule is CC1(C)CCCC(Nc2ccc(Br)cc2Cl)CC1. The fourth-order valence-corrected chi connectivity index (χ4v) is 3.36. The third kappa shape index (κ3) is 3.89. The quantitative estimate of drug-likeness (QED) is 0.668. The minimum Gasteiger partial charge on any atom is -0.381 e. The number of halogens is 2. The fraction of sp³-hybridized carbons (Fsp3) is 0.600. The lowest BCUT2D eigenvalue weighted by atomic mass is 9.85. The second-order valence-electron chi connectivity index (χ2n) is 6.06. The summed E-state index contributed by atoms with van der Waals surface area (Å²) < 4.78 is 1.03. The highest BCUT2D eigenvalue weighted by Gasteiger charge is 2.24. The topological polar surface area (TPSA) is 12.0 Å². The number of rotatable bonds is 2. The molecule has 0 bridgehead atoms. The Morgan fingerprint density at radius 3 is 2.78 bits per heavy atom. The van der Waals surface area contributed by atoms with Gasteiger partial charge in [-0.15, -0.1) is 0 Å². The van der Waals surface area contributed by atoms with Crippen LogP contribution in [0.1, 0.15) is 46.0 Å². The van der Waals surface area contributed by atoms with E-state index in [4.69, 9.17) is 11.6 Å². The molecule has 100 valence electrons. The summed E-state index contributed by atoms with van der Waals surface area (Å²) in [5, 5.41) is 4.40. The maximum absolute atomic E-state index is 6.25. The lowest BCUT2D eigenvalue weighted by molar-refractivity contribution is 0.313.